The van der Waals surface area contributed by atoms with E-state index in [1.165, 1.54) is 6.92 Å². The lowest BCUT2D eigenvalue weighted by Gasteiger charge is -2.04. The smallest absolute Gasteiger partial charge is 0.162 e. The molecule has 0 atom stereocenters. The highest BCUT2D eigenvalue weighted by Crippen LogP contribution is 2.27. The minimum absolute atomic E-state index is 0.166. The normalized spacial score (nSPS) is 9.77. The third-order valence-corrected chi connectivity index (χ3v) is 2.67. The van der Waals surface area contributed by atoms with Crippen LogP contribution >= 0.6 is 27.5 Å². The summed E-state index contributed by atoms with van der Waals surface area (Å²) < 4.78 is 0.607. The van der Waals surface area contributed by atoms with Gasteiger partial charge in [-0.15, -0.1) is 0 Å². The van der Waals surface area contributed by atoms with E-state index < -0.39 is 0 Å². The molecule has 68 valence electrons. The number of benzene rings is 1. The zero-order valence-electron chi connectivity index (χ0n) is 6.80. The molecule has 13 heavy (non-hydrogen) atoms. The van der Waals surface area contributed by atoms with Gasteiger partial charge in [-0.05, 0) is 35.0 Å². The van der Waals surface area contributed by atoms with Crippen LogP contribution in [0, 0.1) is 0 Å². The number of ketones is 1. The molecule has 0 aliphatic rings. The molecule has 0 radical (unpaired) electrons. The second-order valence-corrected chi connectivity index (χ2v) is 3.73. The topological polar surface area (TPSA) is 34.1 Å². The predicted molar refractivity (Wildman–Crippen MR) is 54.5 cm³/mol. The molecule has 0 spiro atoms. The van der Waals surface area contributed by atoms with E-state index in [2.05, 4.69) is 15.9 Å². The number of rotatable bonds is 2. The van der Waals surface area contributed by atoms with E-state index in [9.17, 15) is 9.59 Å². The second kappa shape index (κ2) is 4.03. The molecule has 1 rings (SSSR count). The number of carbonyl (C=O) groups excluding carboxylic acids is 2. The van der Waals surface area contributed by atoms with Gasteiger partial charge in [0, 0.05) is 10.0 Å². The summed E-state index contributed by atoms with van der Waals surface area (Å²) in [5.74, 6) is -0.166. The molecule has 0 saturated carbocycles. The number of Topliss-reactive ketones (excluding diaryl/α,β-unsaturated/α-hetero) is 1. The molecule has 0 aromatic heterocycles. The van der Waals surface area contributed by atoms with Gasteiger partial charge in [0.05, 0.1) is 10.6 Å². The molecular formula is C9H6BrClO2. The third kappa shape index (κ3) is 1.98. The fourth-order valence-electron chi connectivity index (χ4n) is 0.982. The average molecular weight is 262 g/mol. The molecule has 0 heterocycles. The van der Waals surface area contributed by atoms with Crippen molar-refractivity contribution in [3.05, 3.63) is 32.8 Å². The summed E-state index contributed by atoms with van der Waals surface area (Å²) >= 11 is 9.02. The summed E-state index contributed by atoms with van der Waals surface area (Å²) in [6, 6.07) is 3.19. The van der Waals surface area contributed by atoms with Crippen molar-refractivity contribution in [1.82, 2.24) is 0 Å². The largest absolute Gasteiger partial charge is 0.298 e. The zero-order chi connectivity index (χ0) is 10.0. The Balaban J connectivity index is 3.47. The Bertz CT molecular complexity index is 374. The van der Waals surface area contributed by atoms with Crippen molar-refractivity contribution < 1.29 is 9.59 Å². The van der Waals surface area contributed by atoms with E-state index in [4.69, 9.17) is 11.6 Å². The van der Waals surface area contributed by atoms with Gasteiger partial charge in [0.25, 0.3) is 0 Å². The fraction of sp³-hybridized carbons (Fsp3) is 0.111. The molecule has 0 aliphatic carbocycles. The average Bonchev–Trinajstić information content (AvgIpc) is 2.04. The summed E-state index contributed by atoms with van der Waals surface area (Å²) in [7, 11) is 0. The number of aldehydes is 1. The monoisotopic (exact) mass is 260 g/mol. The molecule has 1 aromatic rings. The highest BCUT2D eigenvalue weighted by atomic mass is 79.9. The number of hydrogen-bond donors (Lipinski definition) is 0. The zero-order valence-corrected chi connectivity index (χ0v) is 9.15. The lowest BCUT2D eigenvalue weighted by molar-refractivity contribution is 0.101. The van der Waals surface area contributed by atoms with Gasteiger partial charge in [-0.3, -0.25) is 9.59 Å². The minimum Gasteiger partial charge on any atom is -0.298 e. The minimum atomic E-state index is -0.166. The Morgan fingerprint density at radius 3 is 2.62 bits per heavy atom. The first-order chi connectivity index (χ1) is 6.07. The molecule has 4 heteroatoms. The van der Waals surface area contributed by atoms with Gasteiger partial charge >= 0.3 is 0 Å². The van der Waals surface area contributed by atoms with E-state index >= 15 is 0 Å². The Morgan fingerprint density at radius 1 is 1.54 bits per heavy atom. The van der Waals surface area contributed by atoms with Crippen molar-refractivity contribution in [2.45, 2.75) is 6.92 Å². The van der Waals surface area contributed by atoms with E-state index in [-0.39, 0.29) is 10.8 Å². The first kappa shape index (κ1) is 10.4. The van der Waals surface area contributed by atoms with Crippen LogP contribution in [0.4, 0.5) is 0 Å². The Kier molecular flexibility index (Phi) is 3.22. The van der Waals surface area contributed by atoms with Gasteiger partial charge in [-0.2, -0.15) is 0 Å². The SMILES string of the molecule is CC(=O)c1c(Br)ccc(C=O)c1Cl. The van der Waals surface area contributed by atoms with Gasteiger partial charge < -0.3 is 0 Å². The first-order valence-corrected chi connectivity index (χ1v) is 4.69. The fourth-order valence-corrected chi connectivity index (χ4v) is 2.05. The molecule has 0 fully saturated rings. The lowest BCUT2D eigenvalue weighted by atomic mass is 10.1. The molecular weight excluding hydrogens is 255 g/mol. The van der Waals surface area contributed by atoms with Crippen LogP contribution in [0.3, 0.4) is 0 Å². The summed E-state index contributed by atoms with van der Waals surface area (Å²) in [4.78, 5) is 21.6. The van der Waals surface area contributed by atoms with Crippen LogP contribution in [0.5, 0.6) is 0 Å². The van der Waals surface area contributed by atoms with Crippen molar-refractivity contribution in [2.75, 3.05) is 0 Å². The van der Waals surface area contributed by atoms with E-state index in [0.29, 0.717) is 21.9 Å². The Labute approximate surface area is 89.0 Å². The van der Waals surface area contributed by atoms with Gasteiger partial charge in [-0.1, -0.05) is 11.6 Å². The van der Waals surface area contributed by atoms with Crippen LogP contribution in [0.25, 0.3) is 0 Å². The second-order valence-electron chi connectivity index (χ2n) is 2.50. The predicted octanol–water partition coefficient (Wildman–Crippen LogP) is 3.12. The summed E-state index contributed by atoms with van der Waals surface area (Å²) in [6.07, 6.45) is 0.626. The number of carbonyl (C=O) groups is 2. The van der Waals surface area contributed by atoms with Gasteiger partial charge in [0.2, 0.25) is 0 Å². The van der Waals surface area contributed by atoms with Crippen LogP contribution in [-0.2, 0) is 0 Å². The number of hydrogen-bond acceptors (Lipinski definition) is 2. The van der Waals surface area contributed by atoms with Gasteiger partial charge in [-0.25, -0.2) is 0 Å². The summed E-state index contributed by atoms with van der Waals surface area (Å²) in [5, 5.41) is 0.205. The quantitative estimate of drug-likeness (QED) is 0.605. The lowest BCUT2D eigenvalue weighted by Crippen LogP contribution is -1.98. The molecule has 0 unspecified atom stereocenters. The van der Waals surface area contributed by atoms with Crippen molar-refractivity contribution in [3.63, 3.8) is 0 Å². The van der Waals surface area contributed by atoms with Gasteiger partial charge in [0.1, 0.15) is 0 Å². The molecule has 0 saturated heterocycles. The van der Waals surface area contributed by atoms with Crippen molar-refractivity contribution in [2.24, 2.45) is 0 Å². The van der Waals surface area contributed by atoms with E-state index in [0.717, 1.165) is 0 Å². The molecule has 0 N–H and O–H groups in total. The van der Waals surface area contributed by atoms with E-state index in [1.54, 1.807) is 12.1 Å². The standard InChI is InChI=1S/C9H6BrClO2/c1-5(13)8-7(10)3-2-6(4-12)9(8)11/h2-4H,1H3. The van der Waals surface area contributed by atoms with Crippen molar-refractivity contribution >= 4 is 39.6 Å². The maximum atomic E-state index is 11.1. The molecule has 2 nitrogen and oxygen atoms in total. The van der Waals surface area contributed by atoms with E-state index in [1.807, 2.05) is 0 Å². The van der Waals surface area contributed by atoms with Crippen molar-refractivity contribution in [3.8, 4) is 0 Å². The molecule has 0 amide bonds. The van der Waals surface area contributed by atoms with Crippen molar-refractivity contribution in [1.29, 1.82) is 0 Å². The van der Waals surface area contributed by atoms with Gasteiger partial charge in [0.15, 0.2) is 12.1 Å². The number of halogens is 2. The maximum absolute atomic E-state index is 11.1. The maximum Gasteiger partial charge on any atom is 0.162 e. The summed E-state index contributed by atoms with van der Waals surface area (Å²) in [6.45, 7) is 1.40. The summed E-state index contributed by atoms with van der Waals surface area (Å²) in [5.41, 5.74) is 0.682. The Hall–Kier alpha value is -0.670. The van der Waals surface area contributed by atoms with Crippen LogP contribution in [-0.4, -0.2) is 12.1 Å². The molecule has 0 bridgehead atoms. The first-order valence-electron chi connectivity index (χ1n) is 3.52. The van der Waals surface area contributed by atoms with Crippen LogP contribution in [0.1, 0.15) is 27.6 Å². The Morgan fingerprint density at radius 2 is 2.15 bits per heavy atom. The molecule has 1 aromatic carbocycles. The molecule has 0 aliphatic heterocycles. The van der Waals surface area contributed by atoms with Crippen LogP contribution in [0.15, 0.2) is 16.6 Å². The third-order valence-electron chi connectivity index (χ3n) is 1.60. The highest BCUT2D eigenvalue weighted by molar-refractivity contribution is 9.10. The highest BCUT2D eigenvalue weighted by Gasteiger charge is 2.13. The van der Waals surface area contributed by atoms with Crippen LogP contribution in [0.2, 0.25) is 5.02 Å². The van der Waals surface area contributed by atoms with Crippen LogP contribution < -0.4 is 0 Å².